The summed E-state index contributed by atoms with van der Waals surface area (Å²) < 4.78 is 27.9. The number of carbonyl (C=O) groups excluding carboxylic acids is 2. The van der Waals surface area contributed by atoms with E-state index >= 15 is 0 Å². The molecule has 3 aromatic rings. The molecule has 0 saturated carbocycles. The summed E-state index contributed by atoms with van der Waals surface area (Å²) >= 11 is 0. The maximum absolute atomic E-state index is 13.5. The number of rotatable bonds is 8. The maximum atomic E-state index is 13.5. The van der Waals surface area contributed by atoms with Crippen LogP contribution in [0.3, 0.4) is 0 Å². The lowest BCUT2D eigenvalue weighted by atomic mass is 10.1. The normalized spacial score (nSPS) is 15.0. The SMILES string of the molecule is Cc1cccc(CN(C(=O)CCCN2c3cccc4cccc(c34)S2(=O)=O)[C@@H](C)C(=O)NC(C)(C)C)c1. The standard InChI is InChI=1S/C29H35N3O4S/c1-20-10-6-11-22(18-20)19-31(21(2)28(34)30-29(3,4)5)26(33)16-9-17-32-24-14-7-12-23-13-8-15-25(27(23)24)37(32,35)36/h6-8,10-15,18,21H,9,16-17,19H2,1-5H3,(H,30,34)/t21-/m0/s1. The Morgan fingerprint density at radius 2 is 1.70 bits per heavy atom. The first kappa shape index (κ1) is 26.7. The van der Waals surface area contributed by atoms with E-state index in [4.69, 9.17) is 0 Å². The lowest BCUT2D eigenvalue weighted by Gasteiger charge is -2.32. The van der Waals surface area contributed by atoms with Crippen molar-refractivity contribution in [3.63, 3.8) is 0 Å². The smallest absolute Gasteiger partial charge is 0.265 e. The van der Waals surface area contributed by atoms with Gasteiger partial charge < -0.3 is 10.2 Å². The summed E-state index contributed by atoms with van der Waals surface area (Å²) in [4.78, 5) is 28.3. The lowest BCUT2D eigenvalue weighted by Crippen LogP contribution is -2.52. The molecule has 8 heteroatoms. The van der Waals surface area contributed by atoms with Crippen LogP contribution in [0.5, 0.6) is 0 Å². The van der Waals surface area contributed by atoms with Gasteiger partial charge in [-0.25, -0.2) is 8.42 Å². The molecule has 196 valence electrons. The van der Waals surface area contributed by atoms with Crippen LogP contribution in [-0.4, -0.2) is 43.3 Å². The second-order valence-electron chi connectivity index (χ2n) is 10.7. The molecule has 0 bridgehead atoms. The van der Waals surface area contributed by atoms with Crippen molar-refractivity contribution in [3.8, 4) is 0 Å². The first-order valence-electron chi connectivity index (χ1n) is 12.6. The van der Waals surface area contributed by atoms with Crippen LogP contribution in [0.2, 0.25) is 0 Å². The number of hydrogen-bond donors (Lipinski definition) is 1. The van der Waals surface area contributed by atoms with Gasteiger partial charge in [-0.2, -0.15) is 0 Å². The van der Waals surface area contributed by atoms with E-state index in [9.17, 15) is 18.0 Å². The van der Waals surface area contributed by atoms with Gasteiger partial charge in [-0.15, -0.1) is 0 Å². The van der Waals surface area contributed by atoms with Gasteiger partial charge in [0.2, 0.25) is 11.8 Å². The molecule has 1 N–H and O–H groups in total. The average Bonchev–Trinajstić information content (AvgIpc) is 3.04. The maximum Gasteiger partial charge on any atom is 0.265 e. The zero-order chi connectivity index (χ0) is 27.0. The third kappa shape index (κ3) is 5.64. The van der Waals surface area contributed by atoms with Crippen molar-refractivity contribution in [3.05, 3.63) is 71.8 Å². The Kier molecular flexibility index (Phi) is 7.33. The molecule has 0 spiro atoms. The van der Waals surface area contributed by atoms with E-state index < -0.39 is 21.6 Å². The van der Waals surface area contributed by atoms with Crippen molar-refractivity contribution in [1.29, 1.82) is 0 Å². The van der Waals surface area contributed by atoms with Gasteiger partial charge in [0.25, 0.3) is 10.0 Å². The van der Waals surface area contributed by atoms with Crippen molar-refractivity contribution in [2.45, 2.75) is 70.5 Å². The van der Waals surface area contributed by atoms with E-state index in [-0.39, 0.29) is 24.8 Å². The van der Waals surface area contributed by atoms with Crippen LogP contribution in [0.15, 0.2) is 65.6 Å². The molecule has 2 amide bonds. The minimum atomic E-state index is -3.68. The molecule has 1 aliphatic heterocycles. The Balaban J connectivity index is 1.51. The summed E-state index contributed by atoms with van der Waals surface area (Å²) in [6, 6.07) is 18.0. The largest absolute Gasteiger partial charge is 0.350 e. The zero-order valence-electron chi connectivity index (χ0n) is 22.1. The van der Waals surface area contributed by atoms with Gasteiger partial charge in [-0.05, 0) is 64.1 Å². The van der Waals surface area contributed by atoms with Crippen LogP contribution >= 0.6 is 0 Å². The summed E-state index contributed by atoms with van der Waals surface area (Å²) in [5.41, 5.74) is 2.23. The second-order valence-corrected chi connectivity index (χ2v) is 12.6. The fourth-order valence-electron chi connectivity index (χ4n) is 4.78. The fourth-order valence-corrected chi connectivity index (χ4v) is 6.53. The van der Waals surface area contributed by atoms with Crippen LogP contribution < -0.4 is 9.62 Å². The molecule has 0 saturated heterocycles. The molecule has 0 unspecified atom stereocenters. The zero-order valence-corrected chi connectivity index (χ0v) is 22.9. The molecule has 3 aromatic carbocycles. The minimum Gasteiger partial charge on any atom is -0.350 e. The van der Waals surface area contributed by atoms with Gasteiger partial charge in [0, 0.05) is 30.4 Å². The monoisotopic (exact) mass is 521 g/mol. The number of benzene rings is 3. The summed E-state index contributed by atoms with van der Waals surface area (Å²) in [5.74, 6) is -0.414. The molecule has 0 fully saturated rings. The second kappa shape index (κ2) is 10.2. The number of aryl methyl sites for hydroxylation is 1. The molecule has 1 aliphatic rings. The van der Waals surface area contributed by atoms with E-state index in [1.807, 2.05) is 70.2 Å². The number of nitrogens with zero attached hydrogens (tertiary/aromatic N) is 2. The number of anilines is 1. The number of amides is 2. The Labute approximate surface area is 219 Å². The quantitative estimate of drug-likeness (QED) is 0.463. The highest BCUT2D eigenvalue weighted by Gasteiger charge is 2.35. The average molecular weight is 522 g/mol. The summed E-state index contributed by atoms with van der Waals surface area (Å²) in [6.07, 6.45) is 0.456. The van der Waals surface area contributed by atoms with Crippen molar-refractivity contribution in [1.82, 2.24) is 10.2 Å². The van der Waals surface area contributed by atoms with E-state index in [1.54, 1.807) is 30.0 Å². The molecule has 7 nitrogen and oxygen atoms in total. The molecule has 4 rings (SSSR count). The van der Waals surface area contributed by atoms with Gasteiger partial charge in [-0.3, -0.25) is 13.9 Å². The third-order valence-corrected chi connectivity index (χ3v) is 8.39. The van der Waals surface area contributed by atoms with Crippen LogP contribution in [0.1, 0.15) is 51.7 Å². The summed E-state index contributed by atoms with van der Waals surface area (Å²) in [5, 5.41) is 4.57. The van der Waals surface area contributed by atoms with Crippen molar-refractivity contribution < 1.29 is 18.0 Å². The van der Waals surface area contributed by atoms with Gasteiger partial charge in [0.15, 0.2) is 0 Å². The highest BCUT2D eigenvalue weighted by molar-refractivity contribution is 7.93. The summed E-state index contributed by atoms with van der Waals surface area (Å²) in [6.45, 7) is 9.91. The van der Waals surface area contributed by atoms with Crippen molar-refractivity contribution in [2.24, 2.45) is 0 Å². The molecule has 1 heterocycles. The molecule has 0 radical (unpaired) electrons. The van der Waals surface area contributed by atoms with Gasteiger partial charge in [-0.1, -0.05) is 54.1 Å². The number of nitrogens with one attached hydrogen (secondary N) is 1. The topological polar surface area (TPSA) is 86.8 Å². The van der Waals surface area contributed by atoms with Crippen LogP contribution in [0, 0.1) is 6.92 Å². The van der Waals surface area contributed by atoms with E-state index in [0.29, 0.717) is 23.5 Å². The molecule has 0 aliphatic carbocycles. The van der Waals surface area contributed by atoms with E-state index in [1.165, 1.54) is 4.31 Å². The highest BCUT2D eigenvalue weighted by Crippen LogP contribution is 2.42. The number of sulfonamides is 1. The molecular weight excluding hydrogens is 486 g/mol. The van der Waals surface area contributed by atoms with Gasteiger partial charge in [0.05, 0.1) is 10.6 Å². The first-order chi connectivity index (χ1) is 17.4. The van der Waals surface area contributed by atoms with Crippen molar-refractivity contribution in [2.75, 3.05) is 10.8 Å². The Morgan fingerprint density at radius 3 is 2.38 bits per heavy atom. The summed E-state index contributed by atoms with van der Waals surface area (Å²) in [7, 11) is -3.68. The number of carbonyl (C=O) groups is 2. The van der Waals surface area contributed by atoms with Crippen LogP contribution in [0.4, 0.5) is 5.69 Å². The number of hydrogen-bond acceptors (Lipinski definition) is 4. The Bertz CT molecular complexity index is 1440. The van der Waals surface area contributed by atoms with Gasteiger partial charge in [0.1, 0.15) is 6.04 Å². The van der Waals surface area contributed by atoms with E-state index in [2.05, 4.69) is 5.32 Å². The fraction of sp³-hybridized carbons (Fsp3) is 0.379. The Morgan fingerprint density at radius 1 is 1.03 bits per heavy atom. The third-order valence-electron chi connectivity index (χ3n) is 6.53. The molecule has 1 atom stereocenters. The molecule has 37 heavy (non-hydrogen) atoms. The molecule has 0 aromatic heterocycles. The van der Waals surface area contributed by atoms with E-state index in [0.717, 1.165) is 21.9 Å². The predicted molar refractivity (Wildman–Crippen MR) is 147 cm³/mol. The minimum absolute atomic E-state index is 0.122. The lowest BCUT2D eigenvalue weighted by molar-refractivity contribution is -0.141. The Hall–Kier alpha value is -3.39. The first-order valence-corrected chi connectivity index (χ1v) is 14.0. The van der Waals surface area contributed by atoms with Crippen LogP contribution in [0.25, 0.3) is 10.8 Å². The van der Waals surface area contributed by atoms with Crippen LogP contribution in [-0.2, 0) is 26.2 Å². The molecular formula is C29H35N3O4S. The highest BCUT2D eigenvalue weighted by atomic mass is 32.2. The van der Waals surface area contributed by atoms with Crippen molar-refractivity contribution >= 4 is 38.3 Å². The predicted octanol–water partition coefficient (Wildman–Crippen LogP) is 4.77. The van der Waals surface area contributed by atoms with Gasteiger partial charge >= 0.3 is 0 Å².